The lowest BCUT2D eigenvalue weighted by molar-refractivity contribution is 0.367. The molecule has 0 unspecified atom stereocenters. The highest BCUT2D eigenvalue weighted by atomic mass is 16.5. The maximum absolute atomic E-state index is 5.08. The highest BCUT2D eigenvalue weighted by molar-refractivity contribution is 5.05. The molecule has 0 radical (unpaired) electrons. The lowest BCUT2D eigenvalue weighted by Gasteiger charge is -1.98. The van der Waals surface area contributed by atoms with E-state index >= 15 is 0 Å². The Labute approximate surface area is 76.2 Å². The zero-order valence-corrected chi connectivity index (χ0v) is 7.69. The van der Waals surface area contributed by atoms with E-state index in [1.165, 1.54) is 0 Å². The Kier molecular flexibility index (Phi) is 1.88. The minimum absolute atomic E-state index is 0.652. The van der Waals surface area contributed by atoms with E-state index in [9.17, 15) is 0 Å². The van der Waals surface area contributed by atoms with Crippen molar-refractivity contribution in [1.29, 1.82) is 0 Å². The number of nitrogens with zero attached hydrogens (tertiary/aromatic N) is 3. The largest absolute Gasteiger partial charge is 0.359 e. The highest BCUT2D eigenvalue weighted by Gasteiger charge is 2.03. The standard InChI is InChI=1S/C9H11N3O/c1-7-5-9(13-11-7)6-12-8(2)3-4-10-12/h3-5H,6H2,1-2H3. The Bertz CT molecular complexity index is 402. The molecule has 68 valence electrons. The van der Waals surface area contributed by atoms with Gasteiger partial charge in [0.1, 0.15) is 6.54 Å². The molecule has 0 aromatic carbocycles. The van der Waals surface area contributed by atoms with Crippen molar-refractivity contribution in [2.75, 3.05) is 0 Å². The Morgan fingerprint density at radius 3 is 2.85 bits per heavy atom. The highest BCUT2D eigenvalue weighted by Crippen LogP contribution is 2.05. The minimum Gasteiger partial charge on any atom is -0.359 e. The van der Waals surface area contributed by atoms with Gasteiger partial charge < -0.3 is 4.52 Å². The second-order valence-electron chi connectivity index (χ2n) is 3.06. The van der Waals surface area contributed by atoms with Gasteiger partial charge in [-0.1, -0.05) is 5.16 Å². The fraction of sp³-hybridized carbons (Fsp3) is 0.333. The number of aryl methyl sites for hydroxylation is 2. The van der Waals surface area contributed by atoms with E-state index in [0.29, 0.717) is 6.54 Å². The molecule has 0 spiro atoms. The normalized spacial score (nSPS) is 10.6. The molecule has 0 aliphatic rings. The molecule has 0 saturated carbocycles. The Morgan fingerprint density at radius 2 is 2.31 bits per heavy atom. The van der Waals surface area contributed by atoms with E-state index in [-0.39, 0.29) is 0 Å². The van der Waals surface area contributed by atoms with E-state index in [1.54, 1.807) is 6.20 Å². The van der Waals surface area contributed by atoms with Gasteiger partial charge in [0.15, 0.2) is 5.76 Å². The molecular formula is C9H11N3O. The smallest absolute Gasteiger partial charge is 0.158 e. The van der Waals surface area contributed by atoms with Crippen molar-refractivity contribution in [2.45, 2.75) is 20.4 Å². The molecule has 2 rings (SSSR count). The van der Waals surface area contributed by atoms with E-state index in [2.05, 4.69) is 10.3 Å². The summed E-state index contributed by atoms with van der Waals surface area (Å²) in [5, 5.41) is 7.96. The van der Waals surface area contributed by atoms with Crippen LogP contribution in [0.25, 0.3) is 0 Å². The average molecular weight is 177 g/mol. The first-order valence-electron chi connectivity index (χ1n) is 4.16. The number of hydrogen-bond acceptors (Lipinski definition) is 3. The van der Waals surface area contributed by atoms with Crippen LogP contribution in [0.1, 0.15) is 17.1 Å². The van der Waals surface area contributed by atoms with E-state index in [4.69, 9.17) is 4.52 Å². The number of rotatable bonds is 2. The third kappa shape index (κ3) is 1.61. The fourth-order valence-electron chi connectivity index (χ4n) is 1.20. The van der Waals surface area contributed by atoms with Crippen LogP contribution in [0.3, 0.4) is 0 Å². The molecule has 13 heavy (non-hydrogen) atoms. The summed E-state index contributed by atoms with van der Waals surface area (Å²) in [7, 11) is 0. The van der Waals surface area contributed by atoms with Gasteiger partial charge in [-0.05, 0) is 19.9 Å². The van der Waals surface area contributed by atoms with Gasteiger partial charge in [0.05, 0.1) is 5.69 Å². The molecule has 0 aliphatic carbocycles. The van der Waals surface area contributed by atoms with Crippen molar-refractivity contribution >= 4 is 0 Å². The predicted octanol–water partition coefficient (Wildman–Crippen LogP) is 1.54. The van der Waals surface area contributed by atoms with Crippen molar-refractivity contribution in [3.05, 3.63) is 35.5 Å². The van der Waals surface area contributed by atoms with Gasteiger partial charge in [0.2, 0.25) is 0 Å². The van der Waals surface area contributed by atoms with Crippen molar-refractivity contribution < 1.29 is 4.52 Å². The summed E-state index contributed by atoms with van der Waals surface area (Å²) in [6.45, 7) is 4.57. The van der Waals surface area contributed by atoms with Crippen LogP contribution >= 0.6 is 0 Å². The molecule has 4 nitrogen and oxygen atoms in total. The SMILES string of the molecule is Cc1cc(Cn2nccc2C)on1. The molecule has 0 amide bonds. The van der Waals surface area contributed by atoms with Crippen LogP contribution in [-0.2, 0) is 6.54 Å². The van der Waals surface area contributed by atoms with Gasteiger partial charge in [-0.2, -0.15) is 5.10 Å². The van der Waals surface area contributed by atoms with Crippen LogP contribution < -0.4 is 0 Å². The van der Waals surface area contributed by atoms with Crippen molar-refractivity contribution in [1.82, 2.24) is 14.9 Å². The monoisotopic (exact) mass is 177 g/mol. The van der Waals surface area contributed by atoms with Crippen LogP contribution in [0.15, 0.2) is 22.9 Å². The van der Waals surface area contributed by atoms with Gasteiger partial charge in [-0.15, -0.1) is 0 Å². The molecular weight excluding hydrogens is 166 g/mol. The first kappa shape index (κ1) is 8.04. The van der Waals surface area contributed by atoms with Crippen LogP contribution in [0, 0.1) is 13.8 Å². The number of hydrogen-bond donors (Lipinski definition) is 0. The first-order chi connectivity index (χ1) is 6.25. The molecule has 0 atom stereocenters. The molecule has 0 aliphatic heterocycles. The van der Waals surface area contributed by atoms with E-state index in [1.807, 2.05) is 30.7 Å². The van der Waals surface area contributed by atoms with Crippen LogP contribution in [-0.4, -0.2) is 14.9 Å². The van der Waals surface area contributed by atoms with Crippen LogP contribution in [0.4, 0.5) is 0 Å². The summed E-state index contributed by atoms with van der Waals surface area (Å²) >= 11 is 0. The van der Waals surface area contributed by atoms with Crippen molar-refractivity contribution in [3.63, 3.8) is 0 Å². The maximum atomic E-state index is 5.08. The zero-order chi connectivity index (χ0) is 9.26. The average Bonchev–Trinajstić information content (AvgIpc) is 2.64. The molecule has 0 fully saturated rings. The second kappa shape index (κ2) is 3.05. The molecule has 2 heterocycles. The van der Waals surface area contributed by atoms with Gasteiger partial charge in [-0.25, -0.2) is 0 Å². The Hall–Kier alpha value is -1.58. The van der Waals surface area contributed by atoms with Gasteiger partial charge in [0, 0.05) is 18.0 Å². The minimum atomic E-state index is 0.652. The molecule has 0 saturated heterocycles. The summed E-state index contributed by atoms with van der Waals surface area (Å²) in [6, 6.07) is 3.88. The third-order valence-corrected chi connectivity index (χ3v) is 1.91. The molecule has 2 aromatic heterocycles. The van der Waals surface area contributed by atoms with Crippen LogP contribution in [0.5, 0.6) is 0 Å². The molecule has 2 aromatic rings. The first-order valence-corrected chi connectivity index (χ1v) is 4.16. The fourth-order valence-corrected chi connectivity index (χ4v) is 1.20. The molecule has 0 N–H and O–H groups in total. The van der Waals surface area contributed by atoms with Crippen LogP contribution in [0.2, 0.25) is 0 Å². The quantitative estimate of drug-likeness (QED) is 0.698. The topological polar surface area (TPSA) is 43.9 Å². The summed E-state index contributed by atoms with van der Waals surface area (Å²) in [5.41, 5.74) is 2.02. The van der Waals surface area contributed by atoms with Crippen molar-refractivity contribution in [3.8, 4) is 0 Å². The summed E-state index contributed by atoms with van der Waals surface area (Å²) < 4.78 is 6.96. The Morgan fingerprint density at radius 1 is 1.46 bits per heavy atom. The van der Waals surface area contributed by atoms with E-state index < -0.39 is 0 Å². The zero-order valence-electron chi connectivity index (χ0n) is 7.69. The number of aromatic nitrogens is 3. The predicted molar refractivity (Wildman–Crippen MR) is 47.3 cm³/mol. The third-order valence-electron chi connectivity index (χ3n) is 1.91. The lowest BCUT2D eigenvalue weighted by atomic mass is 10.4. The van der Waals surface area contributed by atoms with E-state index in [0.717, 1.165) is 17.1 Å². The molecule has 4 heteroatoms. The summed E-state index contributed by atoms with van der Waals surface area (Å²) in [4.78, 5) is 0. The molecule has 0 bridgehead atoms. The second-order valence-corrected chi connectivity index (χ2v) is 3.06. The summed E-state index contributed by atoms with van der Waals surface area (Å²) in [6.07, 6.45) is 1.78. The Balaban J connectivity index is 2.19. The van der Waals surface area contributed by atoms with Gasteiger partial charge in [0.25, 0.3) is 0 Å². The summed E-state index contributed by atoms with van der Waals surface area (Å²) in [5.74, 6) is 0.837. The van der Waals surface area contributed by atoms with Gasteiger partial charge in [-0.3, -0.25) is 4.68 Å². The van der Waals surface area contributed by atoms with Crippen molar-refractivity contribution in [2.24, 2.45) is 0 Å². The lowest BCUT2D eigenvalue weighted by Crippen LogP contribution is -2.02. The van der Waals surface area contributed by atoms with Gasteiger partial charge >= 0.3 is 0 Å². The maximum Gasteiger partial charge on any atom is 0.158 e.